The summed E-state index contributed by atoms with van der Waals surface area (Å²) in [5, 5.41) is 8.93. The van der Waals surface area contributed by atoms with E-state index in [0.717, 1.165) is 12.2 Å². The number of nitrogens with zero attached hydrogens (tertiary/aromatic N) is 1. The molecular weight excluding hydrogens is 248 g/mol. The molecule has 3 heteroatoms. The summed E-state index contributed by atoms with van der Waals surface area (Å²) in [5.74, 6) is 1.62. The van der Waals surface area contributed by atoms with E-state index in [1.807, 2.05) is 12.4 Å². The predicted molar refractivity (Wildman–Crippen MR) is 84.7 cm³/mol. The third kappa shape index (κ3) is 9.13. The van der Waals surface area contributed by atoms with Crippen LogP contribution in [0.25, 0.3) is 0 Å². The molecule has 0 aliphatic rings. The van der Waals surface area contributed by atoms with Gasteiger partial charge in [-0.05, 0) is 18.8 Å². The number of aliphatic hydroxyl groups excluding tert-OH is 1. The van der Waals surface area contributed by atoms with Gasteiger partial charge in [0.25, 0.3) is 0 Å². The number of nitrogens with one attached hydrogen (secondary N) is 1. The highest BCUT2D eigenvalue weighted by Crippen LogP contribution is 2.13. The number of rotatable bonds is 13. The number of aryl methyl sites for hydroxylation is 1. The lowest BCUT2D eigenvalue weighted by molar-refractivity contribution is 0.227. The van der Waals surface area contributed by atoms with E-state index in [1.54, 1.807) is 0 Å². The molecule has 20 heavy (non-hydrogen) atoms. The maximum Gasteiger partial charge on any atom is 0.105 e. The number of aliphatic hydroxyl groups is 1. The summed E-state index contributed by atoms with van der Waals surface area (Å²) in [6.45, 7) is 2.47. The maximum atomic E-state index is 8.93. The van der Waals surface area contributed by atoms with E-state index >= 15 is 0 Å². The number of unbranched alkanes of at least 4 members (excludes halogenated alkanes) is 8. The lowest BCUT2D eigenvalue weighted by Gasteiger charge is -2.06. The molecule has 0 spiro atoms. The zero-order valence-corrected chi connectivity index (χ0v) is 13.1. The molecule has 3 nitrogen and oxygen atoms in total. The Hall–Kier alpha value is -0.830. The van der Waals surface area contributed by atoms with E-state index in [2.05, 4.69) is 16.9 Å². The average molecular weight is 280 g/mol. The Morgan fingerprint density at radius 1 is 1.00 bits per heavy atom. The molecule has 2 N–H and O–H groups in total. The number of aromatic amines is 1. The molecule has 1 rings (SSSR count). The molecular formula is C17H32N2O. The highest BCUT2D eigenvalue weighted by atomic mass is 16.3. The molecule has 1 aromatic rings. The first kappa shape index (κ1) is 17.2. The monoisotopic (exact) mass is 280 g/mol. The average Bonchev–Trinajstić information content (AvgIpc) is 2.97. The van der Waals surface area contributed by atoms with E-state index in [1.165, 1.54) is 64.2 Å². The Balaban J connectivity index is 1.74. The van der Waals surface area contributed by atoms with Crippen molar-refractivity contribution in [1.29, 1.82) is 0 Å². The van der Waals surface area contributed by atoms with Crippen molar-refractivity contribution < 1.29 is 5.11 Å². The molecule has 0 radical (unpaired) electrons. The Morgan fingerprint density at radius 2 is 1.60 bits per heavy atom. The molecule has 0 saturated carbocycles. The number of hydrogen-bond donors (Lipinski definition) is 2. The molecule has 1 aromatic heterocycles. The van der Waals surface area contributed by atoms with Crippen molar-refractivity contribution in [2.45, 2.75) is 77.6 Å². The molecule has 0 saturated heterocycles. The first-order valence-electron chi connectivity index (χ1n) is 8.42. The van der Waals surface area contributed by atoms with Crippen molar-refractivity contribution in [1.82, 2.24) is 9.97 Å². The molecule has 0 bridgehead atoms. The standard InChI is InChI=1S/C17H32N2O/c1-16(15-20)11-9-7-5-3-2-4-6-8-10-12-17-18-13-14-19-17/h13-14,16,20H,2-12,15H2,1H3,(H,18,19). The van der Waals surface area contributed by atoms with Gasteiger partial charge >= 0.3 is 0 Å². The largest absolute Gasteiger partial charge is 0.396 e. The second-order valence-corrected chi connectivity index (χ2v) is 6.04. The summed E-state index contributed by atoms with van der Waals surface area (Å²) in [6.07, 6.45) is 18.1. The van der Waals surface area contributed by atoms with Crippen LogP contribution >= 0.6 is 0 Å². The number of H-pyrrole nitrogens is 1. The molecule has 0 fully saturated rings. The van der Waals surface area contributed by atoms with Gasteiger partial charge in [-0.3, -0.25) is 0 Å². The molecule has 116 valence electrons. The van der Waals surface area contributed by atoms with E-state index in [0.29, 0.717) is 12.5 Å². The second-order valence-electron chi connectivity index (χ2n) is 6.04. The summed E-state index contributed by atoms with van der Waals surface area (Å²) < 4.78 is 0. The van der Waals surface area contributed by atoms with Crippen molar-refractivity contribution in [3.8, 4) is 0 Å². The highest BCUT2D eigenvalue weighted by molar-refractivity contribution is 4.86. The smallest absolute Gasteiger partial charge is 0.105 e. The van der Waals surface area contributed by atoms with Crippen LogP contribution in [0.4, 0.5) is 0 Å². The molecule has 0 aliphatic carbocycles. The Kier molecular flexibility index (Phi) is 10.3. The highest BCUT2D eigenvalue weighted by Gasteiger charge is 1.99. The summed E-state index contributed by atoms with van der Waals surface area (Å²) in [5.41, 5.74) is 0. The maximum absolute atomic E-state index is 8.93. The first-order valence-corrected chi connectivity index (χ1v) is 8.42. The second kappa shape index (κ2) is 12.0. The minimum atomic E-state index is 0.345. The summed E-state index contributed by atoms with van der Waals surface area (Å²) in [4.78, 5) is 7.39. The van der Waals surface area contributed by atoms with E-state index < -0.39 is 0 Å². The Labute approximate surface area is 124 Å². The molecule has 1 heterocycles. The van der Waals surface area contributed by atoms with Crippen LogP contribution in [0.3, 0.4) is 0 Å². The minimum Gasteiger partial charge on any atom is -0.396 e. The van der Waals surface area contributed by atoms with E-state index in [9.17, 15) is 0 Å². The predicted octanol–water partition coefficient (Wildman–Crippen LogP) is 4.48. The van der Waals surface area contributed by atoms with Crippen molar-refractivity contribution in [3.63, 3.8) is 0 Å². The van der Waals surface area contributed by atoms with Gasteiger partial charge in [0.1, 0.15) is 5.82 Å². The lowest BCUT2D eigenvalue weighted by Crippen LogP contribution is -1.99. The van der Waals surface area contributed by atoms with Crippen LogP contribution in [-0.2, 0) is 6.42 Å². The fourth-order valence-electron chi connectivity index (χ4n) is 2.55. The third-order valence-electron chi connectivity index (χ3n) is 3.98. The van der Waals surface area contributed by atoms with E-state index in [-0.39, 0.29) is 0 Å². The van der Waals surface area contributed by atoms with Gasteiger partial charge in [-0.2, -0.15) is 0 Å². The van der Waals surface area contributed by atoms with Crippen LogP contribution in [0.2, 0.25) is 0 Å². The van der Waals surface area contributed by atoms with E-state index in [4.69, 9.17) is 5.11 Å². The summed E-state index contributed by atoms with van der Waals surface area (Å²) in [7, 11) is 0. The molecule has 1 unspecified atom stereocenters. The first-order chi connectivity index (χ1) is 9.83. The van der Waals surface area contributed by atoms with Crippen LogP contribution in [0.5, 0.6) is 0 Å². The fourth-order valence-corrected chi connectivity index (χ4v) is 2.55. The van der Waals surface area contributed by atoms with Crippen LogP contribution in [-0.4, -0.2) is 21.7 Å². The van der Waals surface area contributed by atoms with Gasteiger partial charge in [0, 0.05) is 25.4 Å². The van der Waals surface area contributed by atoms with Crippen LogP contribution in [0.15, 0.2) is 12.4 Å². The number of aromatic nitrogens is 2. The van der Waals surface area contributed by atoms with Gasteiger partial charge in [0.15, 0.2) is 0 Å². The fraction of sp³-hybridized carbons (Fsp3) is 0.824. The summed E-state index contributed by atoms with van der Waals surface area (Å²) >= 11 is 0. The summed E-state index contributed by atoms with van der Waals surface area (Å²) in [6, 6.07) is 0. The van der Waals surface area contributed by atoms with Gasteiger partial charge in [-0.15, -0.1) is 0 Å². The van der Waals surface area contributed by atoms with Crippen LogP contribution < -0.4 is 0 Å². The molecule has 0 aliphatic heterocycles. The van der Waals surface area contributed by atoms with Gasteiger partial charge in [-0.1, -0.05) is 58.3 Å². The minimum absolute atomic E-state index is 0.345. The van der Waals surface area contributed by atoms with Gasteiger partial charge in [0.2, 0.25) is 0 Å². The van der Waals surface area contributed by atoms with Crippen molar-refractivity contribution in [2.24, 2.45) is 5.92 Å². The number of hydrogen-bond acceptors (Lipinski definition) is 2. The lowest BCUT2D eigenvalue weighted by atomic mass is 10.0. The third-order valence-corrected chi connectivity index (χ3v) is 3.98. The molecule has 0 amide bonds. The zero-order chi connectivity index (χ0) is 14.5. The van der Waals surface area contributed by atoms with Crippen molar-refractivity contribution in [3.05, 3.63) is 18.2 Å². The van der Waals surface area contributed by atoms with Crippen molar-refractivity contribution in [2.75, 3.05) is 6.61 Å². The SMILES string of the molecule is CC(CO)CCCCCCCCCCCc1ncc[nH]1. The number of imidazole rings is 1. The van der Waals surface area contributed by atoms with Gasteiger partial charge in [0.05, 0.1) is 0 Å². The Bertz CT molecular complexity index is 298. The quantitative estimate of drug-likeness (QED) is 0.523. The Morgan fingerprint density at radius 3 is 2.15 bits per heavy atom. The van der Waals surface area contributed by atoms with Crippen molar-refractivity contribution >= 4 is 0 Å². The van der Waals surface area contributed by atoms with Gasteiger partial charge < -0.3 is 10.1 Å². The topological polar surface area (TPSA) is 48.9 Å². The zero-order valence-electron chi connectivity index (χ0n) is 13.1. The van der Waals surface area contributed by atoms with Crippen LogP contribution in [0, 0.1) is 5.92 Å². The normalized spacial score (nSPS) is 12.7. The van der Waals surface area contributed by atoms with Gasteiger partial charge in [-0.25, -0.2) is 4.98 Å². The molecule has 0 aromatic carbocycles. The van der Waals surface area contributed by atoms with Crippen LogP contribution in [0.1, 0.15) is 77.0 Å². The molecule has 1 atom stereocenters.